The van der Waals surface area contributed by atoms with Crippen LogP contribution in [0.1, 0.15) is 42.3 Å². The summed E-state index contributed by atoms with van der Waals surface area (Å²) in [6, 6.07) is 31.7. The first kappa shape index (κ1) is 29.3. The maximum absolute atomic E-state index is 12.5. The number of furan rings is 1. The van der Waals surface area contributed by atoms with E-state index in [4.69, 9.17) is 14.0 Å². The molecule has 0 bridgehead atoms. The van der Waals surface area contributed by atoms with E-state index in [0.717, 1.165) is 55.8 Å². The molecule has 8 nitrogen and oxygen atoms in total. The fraction of sp³-hybridized carbons (Fsp3) is 0.200. The van der Waals surface area contributed by atoms with Crippen molar-refractivity contribution in [3.8, 4) is 22.7 Å². The lowest BCUT2D eigenvalue weighted by molar-refractivity contribution is 0.0956. The SMILES string of the molecule is CC(C)(C)c1cccc2c1nc(-c1ccc(-c3cc4ccccc4o3)cc1)n2Cc1ccc(C(=O)NCCS(=O)(=O)O)cc1. The van der Waals surface area contributed by atoms with E-state index in [1.165, 1.54) is 0 Å². The molecule has 224 valence electrons. The number of nitrogens with one attached hydrogen (secondary N) is 1. The minimum absolute atomic E-state index is 0.106. The van der Waals surface area contributed by atoms with Crippen LogP contribution >= 0.6 is 0 Å². The number of carbonyl (C=O) groups excluding carboxylic acids is 1. The Kier molecular flexibility index (Phi) is 7.61. The lowest BCUT2D eigenvalue weighted by Gasteiger charge is -2.19. The summed E-state index contributed by atoms with van der Waals surface area (Å²) >= 11 is 0. The molecule has 2 N–H and O–H groups in total. The summed E-state index contributed by atoms with van der Waals surface area (Å²) in [7, 11) is -4.15. The Bertz CT molecular complexity index is 2050. The van der Waals surface area contributed by atoms with E-state index in [1.54, 1.807) is 12.1 Å². The van der Waals surface area contributed by atoms with Gasteiger partial charge >= 0.3 is 0 Å². The maximum Gasteiger partial charge on any atom is 0.266 e. The lowest BCUT2D eigenvalue weighted by atomic mass is 9.86. The third-order valence-corrected chi connectivity index (χ3v) is 8.36. The van der Waals surface area contributed by atoms with Crippen molar-refractivity contribution in [2.75, 3.05) is 12.3 Å². The molecule has 0 radical (unpaired) electrons. The Morgan fingerprint density at radius 3 is 2.30 bits per heavy atom. The molecule has 6 rings (SSSR count). The van der Waals surface area contributed by atoms with Crippen LogP contribution in [-0.4, -0.2) is 40.7 Å². The van der Waals surface area contributed by atoms with Crippen molar-refractivity contribution >= 4 is 38.0 Å². The molecule has 0 unspecified atom stereocenters. The third kappa shape index (κ3) is 6.15. The van der Waals surface area contributed by atoms with Gasteiger partial charge in [-0.05, 0) is 46.9 Å². The number of aromatic nitrogens is 2. The van der Waals surface area contributed by atoms with Gasteiger partial charge in [0.2, 0.25) is 0 Å². The van der Waals surface area contributed by atoms with Crippen molar-refractivity contribution in [1.29, 1.82) is 0 Å². The number of fused-ring (bicyclic) bond motifs is 2. The minimum Gasteiger partial charge on any atom is -0.456 e. The van der Waals surface area contributed by atoms with Gasteiger partial charge in [0.15, 0.2) is 0 Å². The largest absolute Gasteiger partial charge is 0.456 e. The van der Waals surface area contributed by atoms with E-state index in [-0.39, 0.29) is 12.0 Å². The molecule has 0 aliphatic carbocycles. The van der Waals surface area contributed by atoms with Crippen molar-refractivity contribution in [2.24, 2.45) is 0 Å². The molecule has 0 saturated carbocycles. The first-order valence-corrected chi connectivity index (χ1v) is 16.0. The zero-order valence-electron chi connectivity index (χ0n) is 24.7. The standard InChI is InChI=1S/C35H33N3O5S/c1-35(2,3)28-8-6-9-29-32(28)37-33(25-17-15-24(16-18-25)31-21-27-7-4-5-10-30(27)43-31)38(29)22-23-11-13-26(14-12-23)34(39)36-19-20-44(40,41)42/h4-18,21H,19-20,22H2,1-3H3,(H,36,39)(H,40,41,42). The van der Waals surface area contributed by atoms with Gasteiger partial charge in [0.25, 0.3) is 16.0 Å². The number of rotatable bonds is 8. The molecule has 6 aromatic rings. The first-order valence-electron chi connectivity index (χ1n) is 14.4. The summed E-state index contributed by atoms with van der Waals surface area (Å²) in [5, 5.41) is 3.58. The number of hydrogen-bond acceptors (Lipinski definition) is 5. The Labute approximate surface area is 256 Å². The predicted molar refractivity (Wildman–Crippen MR) is 173 cm³/mol. The molecule has 44 heavy (non-hydrogen) atoms. The molecule has 9 heteroatoms. The van der Waals surface area contributed by atoms with E-state index in [1.807, 2.05) is 42.5 Å². The van der Waals surface area contributed by atoms with Gasteiger partial charge in [-0.25, -0.2) is 4.98 Å². The number of para-hydroxylation sites is 2. The maximum atomic E-state index is 12.5. The van der Waals surface area contributed by atoms with E-state index in [2.05, 4.69) is 73.1 Å². The summed E-state index contributed by atoms with van der Waals surface area (Å²) < 4.78 is 39.1. The summed E-state index contributed by atoms with van der Waals surface area (Å²) in [5.41, 5.74) is 7.19. The van der Waals surface area contributed by atoms with Crippen LogP contribution in [0, 0.1) is 0 Å². The highest BCUT2D eigenvalue weighted by Gasteiger charge is 2.22. The monoisotopic (exact) mass is 607 g/mol. The zero-order valence-corrected chi connectivity index (χ0v) is 25.6. The average molecular weight is 608 g/mol. The molecule has 0 fully saturated rings. The highest BCUT2D eigenvalue weighted by molar-refractivity contribution is 7.85. The minimum atomic E-state index is -4.15. The summed E-state index contributed by atoms with van der Waals surface area (Å²) in [6.45, 7) is 6.90. The molecule has 0 spiro atoms. The summed E-state index contributed by atoms with van der Waals surface area (Å²) in [6.07, 6.45) is 0. The Hall–Kier alpha value is -4.73. The van der Waals surface area contributed by atoms with Crippen LogP contribution < -0.4 is 5.32 Å². The molecule has 0 aliphatic heterocycles. The summed E-state index contributed by atoms with van der Waals surface area (Å²) in [4.78, 5) is 17.7. The van der Waals surface area contributed by atoms with Crippen molar-refractivity contribution < 1.29 is 22.2 Å². The zero-order chi connectivity index (χ0) is 31.1. The van der Waals surface area contributed by atoms with Gasteiger partial charge in [0.1, 0.15) is 17.2 Å². The van der Waals surface area contributed by atoms with Crippen LogP contribution in [0.25, 0.3) is 44.7 Å². The van der Waals surface area contributed by atoms with Crippen molar-refractivity contribution in [3.63, 3.8) is 0 Å². The number of nitrogens with zero attached hydrogens (tertiary/aromatic N) is 2. The molecule has 2 aromatic heterocycles. The van der Waals surface area contributed by atoms with Crippen LogP contribution in [-0.2, 0) is 22.1 Å². The topological polar surface area (TPSA) is 114 Å². The fourth-order valence-electron chi connectivity index (χ4n) is 5.38. The van der Waals surface area contributed by atoms with E-state index in [0.29, 0.717) is 12.1 Å². The average Bonchev–Trinajstić information content (AvgIpc) is 3.58. The third-order valence-electron chi connectivity index (χ3n) is 7.64. The van der Waals surface area contributed by atoms with Crippen molar-refractivity contribution in [2.45, 2.75) is 32.7 Å². The molecule has 0 aliphatic rings. The molecule has 4 aromatic carbocycles. The molecule has 1 amide bonds. The van der Waals surface area contributed by atoms with Crippen LogP contribution in [0.15, 0.2) is 101 Å². The van der Waals surface area contributed by atoms with Gasteiger partial charge in [-0.1, -0.05) is 87.5 Å². The Morgan fingerprint density at radius 2 is 1.61 bits per heavy atom. The lowest BCUT2D eigenvalue weighted by Crippen LogP contribution is -2.28. The van der Waals surface area contributed by atoms with Crippen LogP contribution in [0.4, 0.5) is 0 Å². The quantitative estimate of drug-likeness (QED) is 0.179. The van der Waals surface area contributed by atoms with Crippen LogP contribution in [0.3, 0.4) is 0 Å². The fourth-order valence-corrected chi connectivity index (χ4v) is 5.74. The van der Waals surface area contributed by atoms with Crippen LogP contribution in [0.5, 0.6) is 0 Å². The normalized spacial score (nSPS) is 12.2. The second-order valence-electron chi connectivity index (χ2n) is 11.9. The Balaban J connectivity index is 1.34. The van der Waals surface area contributed by atoms with Gasteiger partial charge in [-0.15, -0.1) is 0 Å². The molecular weight excluding hydrogens is 574 g/mol. The van der Waals surface area contributed by atoms with E-state index < -0.39 is 21.8 Å². The second-order valence-corrected chi connectivity index (χ2v) is 13.5. The molecule has 2 heterocycles. The molecular formula is C35H33N3O5S. The predicted octanol–water partition coefficient (Wildman–Crippen LogP) is 7.08. The number of carbonyl (C=O) groups is 1. The number of amides is 1. The van der Waals surface area contributed by atoms with Gasteiger partial charge < -0.3 is 14.3 Å². The highest BCUT2D eigenvalue weighted by atomic mass is 32.2. The van der Waals surface area contributed by atoms with Gasteiger partial charge in [-0.3, -0.25) is 9.35 Å². The van der Waals surface area contributed by atoms with Crippen molar-refractivity contribution in [3.05, 3.63) is 114 Å². The smallest absolute Gasteiger partial charge is 0.266 e. The highest BCUT2D eigenvalue weighted by Crippen LogP contribution is 2.35. The molecule has 0 saturated heterocycles. The second kappa shape index (κ2) is 11.4. The van der Waals surface area contributed by atoms with Gasteiger partial charge in [-0.2, -0.15) is 8.42 Å². The van der Waals surface area contributed by atoms with E-state index >= 15 is 0 Å². The Morgan fingerprint density at radius 1 is 0.909 bits per heavy atom. The van der Waals surface area contributed by atoms with E-state index in [9.17, 15) is 13.2 Å². The number of hydrogen-bond donors (Lipinski definition) is 2. The van der Waals surface area contributed by atoms with Gasteiger partial charge in [0.05, 0.1) is 16.8 Å². The van der Waals surface area contributed by atoms with Crippen LogP contribution in [0.2, 0.25) is 0 Å². The van der Waals surface area contributed by atoms with Gasteiger partial charge in [0, 0.05) is 35.2 Å². The number of benzene rings is 4. The van der Waals surface area contributed by atoms with Crippen molar-refractivity contribution in [1.82, 2.24) is 14.9 Å². The number of imidazole rings is 1. The first-order chi connectivity index (χ1) is 21.0. The molecule has 0 atom stereocenters. The summed E-state index contributed by atoms with van der Waals surface area (Å²) in [5.74, 6) is 0.694.